The van der Waals surface area contributed by atoms with E-state index in [9.17, 15) is 9.59 Å². The molecular weight excluding hydrogens is 435 g/mol. The summed E-state index contributed by atoms with van der Waals surface area (Å²) in [5, 5.41) is 0.765. The fourth-order valence-electron chi connectivity index (χ4n) is 3.63. The third kappa shape index (κ3) is 6.22. The maximum Gasteiger partial charge on any atom is 0.254 e. The molecule has 0 spiro atoms. The second kappa shape index (κ2) is 10.5. The Hall–Kier alpha value is -2.08. The summed E-state index contributed by atoms with van der Waals surface area (Å²) in [6.45, 7) is 8.53. The molecule has 2 amide bonds. The number of ether oxygens (including phenoxy) is 1. The van der Waals surface area contributed by atoms with Crippen molar-refractivity contribution in [3.63, 3.8) is 0 Å². The van der Waals surface area contributed by atoms with E-state index in [4.69, 9.17) is 27.9 Å². The Kier molecular flexibility index (Phi) is 7.98. The Labute approximate surface area is 193 Å². The summed E-state index contributed by atoms with van der Waals surface area (Å²) < 4.78 is 5.92. The van der Waals surface area contributed by atoms with E-state index in [1.807, 2.05) is 36.1 Å². The van der Waals surface area contributed by atoms with Crippen molar-refractivity contribution < 1.29 is 14.3 Å². The van der Waals surface area contributed by atoms with Gasteiger partial charge in [0.15, 0.2) is 0 Å². The van der Waals surface area contributed by atoms with Crippen molar-refractivity contribution in [2.24, 2.45) is 5.92 Å². The van der Waals surface area contributed by atoms with Crippen LogP contribution in [0.25, 0.3) is 0 Å². The molecule has 166 valence electrons. The van der Waals surface area contributed by atoms with E-state index in [1.165, 1.54) is 0 Å². The number of rotatable bonds is 6. The molecule has 0 N–H and O–H groups in total. The van der Waals surface area contributed by atoms with E-state index < -0.39 is 0 Å². The maximum absolute atomic E-state index is 13.1. The van der Waals surface area contributed by atoms with Gasteiger partial charge >= 0.3 is 0 Å². The van der Waals surface area contributed by atoms with Crippen molar-refractivity contribution in [2.75, 3.05) is 32.8 Å². The molecule has 0 unspecified atom stereocenters. The molecule has 0 bridgehead atoms. The molecule has 0 aliphatic carbocycles. The number of morpholine rings is 1. The summed E-state index contributed by atoms with van der Waals surface area (Å²) in [5.74, 6) is 0.171. The quantitative estimate of drug-likeness (QED) is 0.610. The van der Waals surface area contributed by atoms with Crippen molar-refractivity contribution in [2.45, 2.75) is 26.9 Å². The van der Waals surface area contributed by atoms with Gasteiger partial charge in [-0.15, -0.1) is 0 Å². The van der Waals surface area contributed by atoms with Gasteiger partial charge in [0.05, 0.1) is 22.8 Å². The van der Waals surface area contributed by atoms with Gasteiger partial charge in [0.25, 0.3) is 11.8 Å². The Bertz CT molecular complexity index is 931. The predicted molar refractivity (Wildman–Crippen MR) is 124 cm³/mol. The first-order valence-corrected chi connectivity index (χ1v) is 11.2. The van der Waals surface area contributed by atoms with Gasteiger partial charge in [0, 0.05) is 37.3 Å². The van der Waals surface area contributed by atoms with E-state index in [0.29, 0.717) is 59.9 Å². The third-order valence-corrected chi connectivity index (χ3v) is 5.93. The minimum Gasteiger partial charge on any atom is -0.373 e. The van der Waals surface area contributed by atoms with Gasteiger partial charge in [-0.1, -0.05) is 54.7 Å². The van der Waals surface area contributed by atoms with Crippen LogP contribution < -0.4 is 0 Å². The lowest BCUT2D eigenvalue weighted by molar-refractivity contribution is -0.0340. The van der Waals surface area contributed by atoms with Crippen LogP contribution in [0.4, 0.5) is 0 Å². The summed E-state index contributed by atoms with van der Waals surface area (Å²) in [7, 11) is 0. The van der Waals surface area contributed by atoms with E-state index >= 15 is 0 Å². The standard InChI is InChI=1S/C24H28Cl2N2O3/c1-16(2)13-28(23(29)18-6-4-17(3)5-7-18)15-20-14-27(10-11-31-20)24(30)19-8-9-21(25)22(26)12-19/h4-9,12,16,20H,10-11,13-15H2,1-3H3/t20-/m1/s1. The largest absolute Gasteiger partial charge is 0.373 e. The zero-order valence-electron chi connectivity index (χ0n) is 18.1. The number of carbonyl (C=O) groups is 2. The second-order valence-corrected chi connectivity index (χ2v) is 9.16. The van der Waals surface area contributed by atoms with Crippen molar-refractivity contribution in [1.29, 1.82) is 0 Å². The summed E-state index contributed by atoms with van der Waals surface area (Å²) in [6, 6.07) is 12.5. The molecular formula is C24H28Cl2N2O3. The molecule has 1 heterocycles. The van der Waals surface area contributed by atoms with Crippen LogP contribution in [-0.2, 0) is 4.74 Å². The SMILES string of the molecule is Cc1ccc(C(=O)N(CC(C)C)C[C@H]2CN(C(=O)c3ccc(Cl)c(Cl)c3)CCO2)cc1. The molecule has 0 radical (unpaired) electrons. The lowest BCUT2D eigenvalue weighted by Crippen LogP contribution is -2.51. The molecule has 1 fully saturated rings. The topological polar surface area (TPSA) is 49.9 Å². The Balaban J connectivity index is 1.70. The Morgan fingerprint density at radius 2 is 1.77 bits per heavy atom. The highest BCUT2D eigenvalue weighted by Crippen LogP contribution is 2.24. The Morgan fingerprint density at radius 3 is 2.42 bits per heavy atom. The van der Waals surface area contributed by atoms with Crippen molar-refractivity contribution in [3.8, 4) is 0 Å². The molecule has 3 rings (SSSR count). The number of nitrogens with zero attached hydrogens (tertiary/aromatic N) is 2. The smallest absolute Gasteiger partial charge is 0.254 e. The average molecular weight is 463 g/mol. The number of halogens is 2. The highest BCUT2D eigenvalue weighted by molar-refractivity contribution is 6.42. The van der Waals surface area contributed by atoms with Crippen molar-refractivity contribution in [1.82, 2.24) is 9.80 Å². The number of benzene rings is 2. The molecule has 0 saturated carbocycles. The predicted octanol–water partition coefficient (Wildman–Crippen LogP) is 4.94. The fourth-order valence-corrected chi connectivity index (χ4v) is 3.93. The lowest BCUT2D eigenvalue weighted by Gasteiger charge is -2.36. The molecule has 1 atom stereocenters. The molecule has 7 heteroatoms. The highest BCUT2D eigenvalue weighted by Gasteiger charge is 2.29. The van der Waals surface area contributed by atoms with Crippen LogP contribution in [0.15, 0.2) is 42.5 Å². The molecule has 1 saturated heterocycles. The van der Waals surface area contributed by atoms with Gasteiger partial charge < -0.3 is 14.5 Å². The van der Waals surface area contributed by atoms with Crippen LogP contribution in [0.5, 0.6) is 0 Å². The number of hydrogen-bond donors (Lipinski definition) is 0. The van der Waals surface area contributed by atoms with Gasteiger partial charge in [-0.05, 0) is 43.2 Å². The molecule has 1 aliphatic rings. The van der Waals surface area contributed by atoms with Gasteiger partial charge in [0.2, 0.25) is 0 Å². The zero-order valence-corrected chi connectivity index (χ0v) is 19.6. The first-order valence-electron chi connectivity index (χ1n) is 10.5. The molecule has 1 aliphatic heterocycles. The average Bonchev–Trinajstić information content (AvgIpc) is 2.74. The second-order valence-electron chi connectivity index (χ2n) is 8.34. The summed E-state index contributed by atoms with van der Waals surface area (Å²) in [5.41, 5.74) is 2.26. The lowest BCUT2D eigenvalue weighted by atomic mass is 10.1. The number of hydrogen-bond acceptors (Lipinski definition) is 3. The highest BCUT2D eigenvalue weighted by atomic mass is 35.5. The van der Waals surface area contributed by atoms with Crippen LogP contribution >= 0.6 is 23.2 Å². The third-order valence-electron chi connectivity index (χ3n) is 5.19. The number of carbonyl (C=O) groups excluding carboxylic acids is 2. The summed E-state index contributed by atoms with van der Waals surface area (Å²) in [6.07, 6.45) is -0.256. The minimum absolute atomic E-state index is 0.0229. The van der Waals surface area contributed by atoms with E-state index in [2.05, 4.69) is 13.8 Å². The van der Waals surface area contributed by atoms with Gasteiger partial charge in [0.1, 0.15) is 0 Å². The first-order chi connectivity index (χ1) is 14.7. The van der Waals surface area contributed by atoms with Gasteiger partial charge in [-0.3, -0.25) is 9.59 Å². The molecule has 31 heavy (non-hydrogen) atoms. The maximum atomic E-state index is 13.1. The van der Waals surface area contributed by atoms with E-state index in [-0.39, 0.29) is 17.9 Å². The van der Waals surface area contributed by atoms with Crippen LogP contribution in [0, 0.1) is 12.8 Å². The number of aryl methyl sites for hydroxylation is 1. The molecule has 2 aromatic carbocycles. The monoisotopic (exact) mass is 462 g/mol. The molecule has 0 aromatic heterocycles. The van der Waals surface area contributed by atoms with Crippen LogP contribution in [0.3, 0.4) is 0 Å². The zero-order chi connectivity index (χ0) is 22.5. The van der Waals surface area contributed by atoms with Crippen molar-refractivity contribution in [3.05, 3.63) is 69.2 Å². The normalized spacial score (nSPS) is 16.5. The fraction of sp³-hybridized carbons (Fsp3) is 0.417. The van der Waals surface area contributed by atoms with Crippen LogP contribution in [0.2, 0.25) is 10.0 Å². The summed E-state index contributed by atoms with van der Waals surface area (Å²) in [4.78, 5) is 29.7. The van der Waals surface area contributed by atoms with Crippen molar-refractivity contribution >= 4 is 35.0 Å². The Morgan fingerprint density at radius 1 is 1.10 bits per heavy atom. The molecule has 5 nitrogen and oxygen atoms in total. The van der Waals surface area contributed by atoms with E-state index in [1.54, 1.807) is 23.1 Å². The van der Waals surface area contributed by atoms with E-state index in [0.717, 1.165) is 5.56 Å². The van der Waals surface area contributed by atoms with Crippen LogP contribution in [0.1, 0.15) is 40.1 Å². The minimum atomic E-state index is -0.256. The first kappa shape index (κ1) is 23.6. The summed E-state index contributed by atoms with van der Waals surface area (Å²) >= 11 is 12.0. The number of amides is 2. The molecule has 2 aromatic rings. The van der Waals surface area contributed by atoms with Gasteiger partial charge in [-0.25, -0.2) is 0 Å². The van der Waals surface area contributed by atoms with Gasteiger partial charge in [-0.2, -0.15) is 0 Å². The van der Waals surface area contributed by atoms with Crippen LogP contribution in [-0.4, -0.2) is 60.5 Å².